The Morgan fingerprint density at radius 2 is 1.36 bits per heavy atom. The van der Waals surface area contributed by atoms with E-state index in [-0.39, 0.29) is 0 Å². The average Bonchev–Trinajstić information content (AvgIpc) is 3.47. The van der Waals surface area contributed by atoms with Gasteiger partial charge in [-0.2, -0.15) is 0 Å². The van der Waals surface area contributed by atoms with Crippen molar-refractivity contribution in [3.05, 3.63) is 87.6 Å². The number of rotatable bonds is 0. The molecule has 3 heteroatoms. The number of aryl methyl sites for hydroxylation is 4. The molecule has 33 heavy (non-hydrogen) atoms. The quantitative estimate of drug-likeness (QED) is 0.401. The Bertz CT molecular complexity index is 976. The van der Waals surface area contributed by atoms with Crippen LogP contribution >= 0.6 is 0 Å². The molecule has 3 nitrogen and oxygen atoms in total. The van der Waals surface area contributed by atoms with Crippen molar-refractivity contribution >= 4 is 11.5 Å². The van der Waals surface area contributed by atoms with Gasteiger partial charge in [0.15, 0.2) is 0 Å². The van der Waals surface area contributed by atoms with Crippen molar-refractivity contribution in [2.45, 2.75) is 59.3 Å². The lowest BCUT2D eigenvalue weighted by Gasteiger charge is -2.11. The summed E-state index contributed by atoms with van der Waals surface area (Å²) in [6.07, 6.45) is 5.00. The predicted octanol–water partition coefficient (Wildman–Crippen LogP) is 6.41. The standard InChI is InChI=1S/C11H14.C10H13N.C9H12N2/c1-8-3-5-10-6-4-9(2)11(10)7-8;1-8-3-4-9-5-6-11(2)10(9)7-8;1-7-3-4-8-5-6-11(2)9(8)10-7/h3,5,7,9H,4,6H2,1-2H3;3-4,7H,5-6H2,1-2H3;3-4H,5-6H2,1-2H3. The third-order valence-corrected chi connectivity index (χ3v) is 7.22. The molecule has 3 aromatic rings. The SMILES string of the molecule is Cc1ccc2c(c1)C(C)CC2.Cc1ccc2c(c1)N(C)CC2.Cc1ccc2c(n1)N(C)CC2. The van der Waals surface area contributed by atoms with Gasteiger partial charge in [-0.25, -0.2) is 4.98 Å². The lowest BCUT2D eigenvalue weighted by molar-refractivity contribution is 0.747. The minimum absolute atomic E-state index is 0.796. The van der Waals surface area contributed by atoms with Crippen LogP contribution in [0.5, 0.6) is 0 Å². The zero-order valence-corrected chi connectivity index (χ0v) is 21.3. The van der Waals surface area contributed by atoms with E-state index < -0.39 is 0 Å². The first kappa shape index (κ1) is 23.4. The van der Waals surface area contributed by atoms with Crippen LogP contribution < -0.4 is 9.80 Å². The molecule has 1 atom stereocenters. The lowest BCUT2D eigenvalue weighted by atomic mass is 10.0. The van der Waals surface area contributed by atoms with Crippen molar-refractivity contribution in [3.63, 3.8) is 0 Å². The van der Waals surface area contributed by atoms with Gasteiger partial charge in [0.2, 0.25) is 0 Å². The van der Waals surface area contributed by atoms with Gasteiger partial charge in [0, 0.05) is 38.6 Å². The van der Waals surface area contributed by atoms with E-state index in [1.165, 1.54) is 59.6 Å². The first-order valence-corrected chi connectivity index (χ1v) is 12.4. The fraction of sp³-hybridized carbons (Fsp3) is 0.433. The lowest BCUT2D eigenvalue weighted by Crippen LogP contribution is -2.13. The maximum Gasteiger partial charge on any atom is 0.131 e. The summed E-state index contributed by atoms with van der Waals surface area (Å²) in [5.41, 5.74) is 11.3. The summed E-state index contributed by atoms with van der Waals surface area (Å²) in [6.45, 7) is 11.0. The second kappa shape index (κ2) is 9.99. The molecule has 0 saturated carbocycles. The molecule has 1 unspecified atom stereocenters. The van der Waals surface area contributed by atoms with Crippen molar-refractivity contribution in [2.75, 3.05) is 37.0 Å². The van der Waals surface area contributed by atoms with Crippen LogP contribution in [0.3, 0.4) is 0 Å². The van der Waals surface area contributed by atoms with Crippen molar-refractivity contribution in [1.29, 1.82) is 0 Å². The number of hydrogen-bond donors (Lipinski definition) is 0. The molecule has 0 radical (unpaired) electrons. The molecule has 1 aromatic heterocycles. The number of anilines is 2. The van der Waals surface area contributed by atoms with Crippen LogP contribution in [-0.4, -0.2) is 32.2 Å². The van der Waals surface area contributed by atoms with E-state index in [1.54, 1.807) is 11.1 Å². The molecule has 0 bridgehead atoms. The third kappa shape index (κ3) is 5.40. The Kier molecular flexibility index (Phi) is 7.07. The first-order chi connectivity index (χ1) is 15.8. The number of fused-ring (bicyclic) bond motifs is 3. The Labute approximate surface area is 200 Å². The second-order valence-electron chi connectivity index (χ2n) is 10.1. The highest BCUT2D eigenvalue weighted by Crippen LogP contribution is 2.32. The van der Waals surface area contributed by atoms with Gasteiger partial charge in [0.25, 0.3) is 0 Å². The number of nitrogens with zero attached hydrogens (tertiary/aromatic N) is 3. The maximum absolute atomic E-state index is 4.46. The van der Waals surface area contributed by atoms with Crippen LogP contribution in [0.2, 0.25) is 0 Å². The third-order valence-electron chi connectivity index (χ3n) is 7.22. The number of pyridine rings is 1. The summed E-state index contributed by atoms with van der Waals surface area (Å²) in [5.74, 6) is 1.97. The molecule has 0 amide bonds. The zero-order chi connectivity index (χ0) is 23.5. The van der Waals surface area contributed by atoms with Crippen LogP contribution in [0.25, 0.3) is 0 Å². The Hall–Kier alpha value is -2.81. The van der Waals surface area contributed by atoms with Crippen LogP contribution in [0.15, 0.2) is 48.5 Å². The molecule has 6 rings (SSSR count). The summed E-state index contributed by atoms with van der Waals surface area (Å²) in [4.78, 5) is 8.99. The monoisotopic (exact) mass is 441 g/mol. The number of likely N-dealkylation sites (N-methyl/N-ethyl adjacent to an activating group) is 2. The Morgan fingerprint density at radius 1 is 0.727 bits per heavy atom. The Morgan fingerprint density at radius 3 is 2.15 bits per heavy atom. The average molecular weight is 442 g/mol. The number of aromatic nitrogens is 1. The molecule has 1 aliphatic carbocycles. The summed E-state index contributed by atoms with van der Waals surface area (Å²) >= 11 is 0. The van der Waals surface area contributed by atoms with Gasteiger partial charge in [-0.15, -0.1) is 0 Å². The molecule has 0 N–H and O–H groups in total. The minimum atomic E-state index is 0.796. The molecule has 174 valence electrons. The first-order valence-electron chi connectivity index (χ1n) is 12.4. The highest BCUT2D eigenvalue weighted by Gasteiger charge is 2.18. The van der Waals surface area contributed by atoms with Gasteiger partial charge in [-0.3, -0.25) is 0 Å². The topological polar surface area (TPSA) is 19.4 Å². The molecule has 0 fully saturated rings. The van der Waals surface area contributed by atoms with E-state index in [0.29, 0.717) is 0 Å². The van der Waals surface area contributed by atoms with Crippen molar-refractivity contribution in [2.24, 2.45) is 0 Å². The normalized spacial score (nSPS) is 17.5. The van der Waals surface area contributed by atoms with Gasteiger partial charge in [0.05, 0.1) is 0 Å². The van der Waals surface area contributed by atoms with Crippen molar-refractivity contribution < 1.29 is 0 Å². The predicted molar refractivity (Wildman–Crippen MR) is 142 cm³/mol. The zero-order valence-electron chi connectivity index (χ0n) is 21.3. The number of hydrogen-bond acceptors (Lipinski definition) is 3. The molecular formula is C30H39N3. The summed E-state index contributed by atoms with van der Waals surface area (Å²) < 4.78 is 0. The fourth-order valence-electron chi connectivity index (χ4n) is 5.07. The van der Waals surface area contributed by atoms with Crippen LogP contribution in [0, 0.1) is 20.8 Å². The summed E-state index contributed by atoms with van der Waals surface area (Å²) in [5, 5.41) is 0. The van der Waals surface area contributed by atoms with Gasteiger partial charge in [-0.05, 0) is 92.3 Å². The van der Waals surface area contributed by atoms with Gasteiger partial charge < -0.3 is 9.80 Å². The molecule has 0 spiro atoms. The second-order valence-corrected chi connectivity index (χ2v) is 10.1. The smallest absolute Gasteiger partial charge is 0.131 e. The van der Waals surface area contributed by atoms with Crippen LogP contribution in [-0.2, 0) is 19.3 Å². The van der Waals surface area contributed by atoms with E-state index in [0.717, 1.165) is 24.6 Å². The molecule has 0 saturated heterocycles. The van der Waals surface area contributed by atoms with Crippen LogP contribution in [0.4, 0.5) is 11.5 Å². The molecule has 2 aromatic carbocycles. The molecule has 3 heterocycles. The molecule has 3 aliphatic rings. The Balaban J connectivity index is 0.000000118. The van der Waals surface area contributed by atoms with Crippen LogP contribution in [0.1, 0.15) is 58.3 Å². The number of benzene rings is 2. The van der Waals surface area contributed by atoms with E-state index >= 15 is 0 Å². The van der Waals surface area contributed by atoms with E-state index in [4.69, 9.17) is 0 Å². The molecular weight excluding hydrogens is 402 g/mol. The van der Waals surface area contributed by atoms with E-state index in [1.807, 2.05) is 6.92 Å². The summed E-state index contributed by atoms with van der Waals surface area (Å²) in [7, 11) is 4.25. The van der Waals surface area contributed by atoms with Crippen molar-refractivity contribution in [3.8, 4) is 0 Å². The molecule has 2 aliphatic heterocycles. The fourth-order valence-corrected chi connectivity index (χ4v) is 5.07. The van der Waals surface area contributed by atoms with Gasteiger partial charge in [-0.1, -0.05) is 48.9 Å². The minimum Gasteiger partial charge on any atom is -0.374 e. The highest BCUT2D eigenvalue weighted by molar-refractivity contribution is 5.58. The highest BCUT2D eigenvalue weighted by atomic mass is 15.2. The van der Waals surface area contributed by atoms with Gasteiger partial charge >= 0.3 is 0 Å². The summed E-state index contributed by atoms with van der Waals surface area (Å²) in [6, 6.07) is 17.8. The van der Waals surface area contributed by atoms with Gasteiger partial charge in [0.1, 0.15) is 5.82 Å². The largest absolute Gasteiger partial charge is 0.374 e. The maximum atomic E-state index is 4.46. The van der Waals surface area contributed by atoms with Crippen molar-refractivity contribution in [1.82, 2.24) is 4.98 Å². The van der Waals surface area contributed by atoms with E-state index in [2.05, 4.69) is 98.2 Å². The van der Waals surface area contributed by atoms with E-state index in [9.17, 15) is 0 Å².